The molecule has 2 aromatic carbocycles. The van der Waals surface area contributed by atoms with Gasteiger partial charge < -0.3 is 10.2 Å². The van der Waals surface area contributed by atoms with Crippen LogP contribution in [0.15, 0.2) is 48.5 Å². The Morgan fingerprint density at radius 3 is 2.54 bits per heavy atom. The van der Waals surface area contributed by atoms with Crippen molar-refractivity contribution in [2.75, 3.05) is 13.1 Å². The number of carbonyl (C=O) groups excluding carboxylic acids is 2. The summed E-state index contributed by atoms with van der Waals surface area (Å²) in [6.45, 7) is 2.13. The fourth-order valence-electron chi connectivity index (χ4n) is 3.97. The lowest BCUT2D eigenvalue weighted by molar-refractivity contribution is -0.132. The van der Waals surface area contributed by atoms with Crippen molar-refractivity contribution in [1.82, 2.24) is 10.2 Å². The van der Waals surface area contributed by atoms with Crippen molar-refractivity contribution >= 4 is 11.8 Å². The third-order valence-electron chi connectivity index (χ3n) is 5.74. The number of benzene rings is 2. The van der Waals surface area contributed by atoms with E-state index < -0.39 is 0 Å². The van der Waals surface area contributed by atoms with Crippen molar-refractivity contribution in [3.8, 4) is 6.07 Å². The van der Waals surface area contributed by atoms with E-state index in [0.717, 1.165) is 49.9 Å². The van der Waals surface area contributed by atoms with E-state index in [1.165, 1.54) is 0 Å². The van der Waals surface area contributed by atoms with E-state index in [9.17, 15) is 9.59 Å². The molecular weight excluding hydrogens is 350 g/mol. The maximum absolute atomic E-state index is 13.0. The van der Waals surface area contributed by atoms with Gasteiger partial charge in [0.25, 0.3) is 5.91 Å². The Balaban J connectivity index is 1.45. The molecule has 4 rings (SSSR count). The summed E-state index contributed by atoms with van der Waals surface area (Å²) in [6.07, 6.45) is 4.00. The number of nitrogens with zero attached hydrogens (tertiary/aromatic N) is 2. The molecule has 1 saturated heterocycles. The molecule has 28 heavy (non-hydrogen) atoms. The van der Waals surface area contributed by atoms with Gasteiger partial charge in [0.05, 0.1) is 17.0 Å². The normalized spacial score (nSPS) is 17.0. The summed E-state index contributed by atoms with van der Waals surface area (Å²) in [4.78, 5) is 27.4. The van der Waals surface area contributed by atoms with Gasteiger partial charge in [0.1, 0.15) is 0 Å². The number of hydrogen-bond donors (Lipinski definition) is 1. The molecule has 5 nitrogen and oxygen atoms in total. The summed E-state index contributed by atoms with van der Waals surface area (Å²) in [5, 5.41) is 11.9. The molecule has 1 saturated carbocycles. The molecule has 142 valence electrons. The largest absolute Gasteiger partial charge is 0.348 e. The lowest BCUT2D eigenvalue weighted by Crippen LogP contribution is -2.37. The van der Waals surface area contributed by atoms with Crippen LogP contribution in [0.25, 0.3) is 0 Å². The van der Waals surface area contributed by atoms with Gasteiger partial charge in [0.2, 0.25) is 5.91 Å². The minimum atomic E-state index is -0.356. The van der Waals surface area contributed by atoms with Gasteiger partial charge >= 0.3 is 0 Å². The number of amides is 2. The van der Waals surface area contributed by atoms with E-state index in [2.05, 4.69) is 5.32 Å². The molecule has 0 aromatic heterocycles. The van der Waals surface area contributed by atoms with Crippen LogP contribution in [-0.4, -0.2) is 29.8 Å². The molecule has 2 fully saturated rings. The average Bonchev–Trinajstić information content (AvgIpc) is 3.38. The van der Waals surface area contributed by atoms with Crippen molar-refractivity contribution in [3.63, 3.8) is 0 Å². The van der Waals surface area contributed by atoms with Crippen LogP contribution in [0.4, 0.5) is 0 Å². The molecule has 0 bridgehead atoms. The molecule has 1 aliphatic heterocycles. The third-order valence-corrected chi connectivity index (χ3v) is 5.74. The Morgan fingerprint density at radius 2 is 1.82 bits per heavy atom. The molecule has 0 atom stereocenters. The summed E-state index contributed by atoms with van der Waals surface area (Å²) in [7, 11) is 0. The predicted octanol–water partition coefficient (Wildman–Crippen LogP) is 3.14. The van der Waals surface area contributed by atoms with Gasteiger partial charge in [-0.05, 0) is 55.0 Å². The SMILES string of the molecule is N#Cc1cccc(C(=O)NCc2cccc(C3(C(=O)N4CCCC4)CC3)c2)c1. The number of rotatable bonds is 5. The highest BCUT2D eigenvalue weighted by molar-refractivity contribution is 5.94. The van der Waals surface area contributed by atoms with Gasteiger partial charge in [-0.15, -0.1) is 0 Å². The summed E-state index contributed by atoms with van der Waals surface area (Å²) < 4.78 is 0. The van der Waals surface area contributed by atoms with E-state index in [-0.39, 0.29) is 17.2 Å². The van der Waals surface area contributed by atoms with Crippen LogP contribution in [0.2, 0.25) is 0 Å². The first kappa shape index (κ1) is 18.2. The van der Waals surface area contributed by atoms with Crippen LogP contribution in [-0.2, 0) is 16.8 Å². The third kappa shape index (κ3) is 3.50. The van der Waals surface area contributed by atoms with Gasteiger partial charge in [0.15, 0.2) is 0 Å². The Hall–Kier alpha value is -3.13. The maximum Gasteiger partial charge on any atom is 0.251 e. The molecule has 2 amide bonds. The van der Waals surface area contributed by atoms with Crippen LogP contribution in [0.3, 0.4) is 0 Å². The zero-order valence-electron chi connectivity index (χ0n) is 15.8. The molecule has 2 aliphatic rings. The van der Waals surface area contributed by atoms with Crippen LogP contribution in [0.1, 0.15) is 52.7 Å². The monoisotopic (exact) mass is 373 g/mol. The van der Waals surface area contributed by atoms with Crippen LogP contribution >= 0.6 is 0 Å². The van der Waals surface area contributed by atoms with Crippen molar-refractivity contribution in [3.05, 3.63) is 70.8 Å². The van der Waals surface area contributed by atoms with E-state index in [1.54, 1.807) is 24.3 Å². The first-order valence-corrected chi connectivity index (χ1v) is 9.79. The van der Waals surface area contributed by atoms with E-state index in [0.29, 0.717) is 17.7 Å². The molecule has 5 heteroatoms. The van der Waals surface area contributed by atoms with Crippen molar-refractivity contribution in [1.29, 1.82) is 5.26 Å². The minimum Gasteiger partial charge on any atom is -0.348 e. The van der Waals surface area contributed by atoms with Crippen molar-refractivity contribution in [2.45, 2.75) is 37.6 Å². The number of hydrogen-bond acceptors (Lipinski definition) is 3. The van der Waals surface area contributed by atoms with Crippen LogP contribution < -0.4 is 5.32 Å². The molecule has 0 spiro atoms. The molecule has 2 aromatic rings. The van der Waals surface area contributed by atoms with Gasteiger partial charge in [-0.3, -0.25) is 9.59 Å². The predicted molar refractivity (Wildman–Crippen MR) is 105 cm³/mol. The Morgan fingerprint density at radius 1 is 1.07 bits per heavy atom. The highest BCUT2D eigenvalue weighted by Gasteiger charge is 2.53. The fourth-order valence-corrected chi connectivity index (χ4v) is 3.97. The number of nitrogens with one attached hydrogen (secondary N) is 1. The second-order valence-corrected chi connectivity index (χ2v) is 7.66. The van der Waals surface area contributed by atoms with Crippen molar-refractivity contribution < 1.29 is 9.59 Å². The number of nitriles is 1. The smallest absolute Gasteiger partial charge is 0.251 e. The quantitative estimate of drug-likeness (QED) is 0.875. The van der Waals surface area contributed by atoms with Gasteiger partial charge in [0, 0.05) is 25.2 Å². The molecule has 0 unspecified atom stereocenters. The lowest BCUT2D eigenvalue weighted by atomic mass is 9.93. The first-order chi connectivity index (χ1) is 13.6. The topological polar surface area (TPSA) is 73.2 Å². The number of carbonyl (C=O) groups is 2. The molecule has 0 radical (unpaired) electrons. The van der Waals surface area contributed by atoms with Gasteiger partial charge in [-0.1, -0.05) is 30.3 Å². The zero-order valence-corrected chi connectivity index (χ0v) is 15.8. The second kappa shape index (κ2) is 7.47. The van der Waals surface area contributed by atoms with E-state index in [1.807, 2.05) is 35.2 Å². The standard InChI is InChI=1S/C23H23N3O2/c24-15-17-5-3-7-19(13-17)21(27)25-16-18-6-4-8-20(14-18)23(9-10-23)22(28)26-11-1-2-12-26/h3-8,13-14H,1-2,9-12,16H2,(H,25,27). The lowest BCUT2D eigenvalue weighted by Gasteiger charge is -2.23. The number of likely N-dealkylation sites (tertiary alicyclic amines) is 1. The van der Waals surface area contributed by atoms with Gasteiger partial charge in [-0.2, -0.15) is 5.26 Å². The first-order valence-electron chi connectivity index (χ1n) is 9.79. The molecular formula is C23H23N3O2. The highest BCUT2D eigenvalue weighted by Crippen LogP contribution is 2.50. The molecule has 1 heterocycles. The Kier molecular flexibility index (Phi) is 4.87. The van der Waals surface area contributed by atoms with E-state index >= 15 is 0 Å². The summed E-state index contributed by atoms with van der Waals surface area (Å²) in [5.41, 5.74) is 2.61. The minimum absolute atomic E-state index is 0.211. The van der Waals surface area contributed by atoms with Crippen LogP contribution in [0, 0.1) is 11.3 Å². The summed E-state index contributed by atoms with van der Waals surface area (Å²) in [6, 6.07) is 16.7. The highest BCUT2D eigenvalue weighted by atomic mass is 16.2. The maximum atomic E-state index is 13.0. The van der Waals surface area contributed by atoms with Crippen molar-refractivity contribution in [2.24, 2.45) is 0 Å². The summed E-state index contributed by atoms with van der Waals surface area (Å²) in [5.74, 6) is 0.0521. The Bertz CT molecular complexity index is 950. The second-order valence-electron chi connectivity index (χ2n) is 7.66. The Labute approximate surface area is 165 Å². The molecule has 1 aliphatic carbocycles. The summed E-state index contributed by atoms with van der Waals surface area (Å²) >= 11 is 0. The average molecular weight is 373 g/mol. The van der Waals surface area contributed by atoms with E-state index in [4.69, 9.17) is 5.26 Å². The molecule has 1 N–H and O–H groups in total. The fraction of sp³-hybridized carbons (Fsp3) is 0.348. The van der Waals surface area contributed by atoms with Gasteiger partial charge in [-0.25, -0.2) is 0 Å². The zero-order chi connectivity index (χ0) is 19.6. The van der Waals surface area contributed by atoms with Crippen LogP contribution in [0.5, 0.6) is 0 Å².